The van der Waals surface area contributed by atoms with Crippen molar-refractivity contribution in [3.8, 4) is 5.75 Å². The van der Waals surface area contributed by atoms with E-state index in [2.05, 4.69) is 37.2 Å². The minimum Gasteiger partial charge on any atom is -0.497 e. The lowest BCUT2D eigenvalue weighted by Crippen LogP contribution is -2.38. The van der Waals surface area contributed by atoms with Crippen LogP contribution in [0.3, 0.4) is 0 Å². The van der Waals surface area contributed by atoms with Crippen molar-refractivity contribution in [1.29, 1.82) is 0 Å². The second-order valence-corrected chi connectivity index (χ2v) is 5.63. The first kappa shape index (κ1) is 12.9. The summed E-state index contributed by atoms with van der Waals surface area (Å²) in [5.74, 6) is 0.620. The molecule has 0 unspecified atom stereocenters. The standard InChI is InChI=1S/C12H13Br2NO2/c1-17-8-2-3-10(14)9(6-8)11(16)15-12(7-13)4-5-12/h2-3,6H,4-5,7H2,1H3,(H,15,16). The number of alkyl halides is 1. The molecule has 0 radical (unpaired) electrons. The van der Waals surface area contributed by atoms with Crippen LogP contribution in [-0.2, 0) is 0 Å². The van der Waals surface area contributed by atoms with Gasteiger partial charge in [-0.15, -0.1) is 0 Å². The number of amides is 1. The van der Waals surface area contributed by atoms with Crippen molar-refractivity contribution in [2.24, 2.45) is 0 Å². The van der Waals surface area contributed by atoms with E-state index in [-0.39, 0.29) is 11.4 Å². The van der Waals surface area contributed by atoms with Gasteiger partial charge in [-0.3, -0.25) is 4.79 Å². The van der Waals surface area contributed by atoms with E-state index in [1.807, 2.05) is 12.1 Å². The molecule has 5 heteroatoms. The van der Waals surface area contributed by atoms with Gasteiger partial charge in [0.05, 0.1) is 18.2 Å². The summed E-state index contributed by atoms with van der Waals surface area (Å²) in [6.45, 7) is 0. The van der Waals surface area contributed by atoms with Crippen molar-refractivity contribution < 1.29 is 9.53 Å². The molecule has 0 atom stereocenters. The van der Waals surface area contributed by atoms with Crippen LogP contribution < -0.4 is 10.1 Å². The zero-order chi connectivity index (χ0) is 12.5. The van der Waals surface area contributed by atoms with E-state index in [4.69, 9.17) is 4.74 Å². The van der Waals surface area contributed by atoms with Gasteiger partial charge in [-0.05, 0) is 47.0 Å². The normalized spacial score (nSPS) is 16.4. The Hall–Kier alpha value is -0.550. The third-order valence-electron chi connectivity index (χ3n) is 2.91. The number of rotatable bonds is 4. The summed E-state index contributed by atoms with van der Waals surface area (Å²) in [6.07, 6.45) is 2.07. The summed E-state index contributed by atoms with van der Waals surface area (Å²) < 4.78 is 5.90. The first-order chi connectivity index (χ1) is 8.10. The highest BCUT2D eigenvalue weighted by Gasteiger charge is 2.43. The molecular weight excluding hydrogens is 350 g/mol. The van der Waals surface area contributed by atoms with E-state index in [1.165, 1.54) is 0 Å². The molecule has 0 spiro atoms. The predicted molar refractivity (Wildman–Crippen MR) is 73.9 cm³/mol. The third kappa shape index (κ3) is 2.83. The van der Waals surface area contributed by atoms with Crippen LogP contribution in [0.1, 0.15) is 23.2 Å². The van der Waals surface area contributed by atoms with Gasteiger partial charge >= 0.3 is 0 Å². The van der Waals surface area contributed by atoms with Crippen LogP contribution in [0.25, 0.3) is 0 Å². The fraction of sp³-hybridized carbons (Fsp3) is 0.417. The van der Waals surface area contributed by atoms with Gasteiger partial charge in [0, 0.05) is 9.80 Å². The lowest BCUT2D eigenvalue weighted by molar-refractivity contribution is 0.0935. The smallest absolute Gasteiger partial charge is 0.253 e. The highest BCUT2D eigenvalue weighted by Crippen LogP contribution is 2.37. The third-order valence-corrected chi connectivity index (χ3v) is 4.67. The molecule has 0 saturated heterocycles. The second kappa shape index (κ2) is 4.98. The van der Waals surface area contributed by atoms with Gasteiger partial charge < -0.3 is 10.1 Å². The van der Waals surface area contributed by atoms with E-state index in [0.29, 0.717) is 11.3 Å². The van der Waals surface area contributed by atoms with Crippen molar-refractivity contribution >= 4 is 37.8 Å². The number of ether oxygens (including phenoxy) is 1. The Morgan fingerprint density at radius 2 is 2.24 bits per heavy atom. The maximum absolute atomic E-state index is 12.1. The molecule has 1 aromatic rings. The zero-order valence-electron chi connectivity index (χ0n) is 9.43. The van der Waals surface area contributed by atoms with Crippen LogP contribution in [-0.4, -0.2) is 23.9 Å². The quantitative estimate of drug-likeness (QED) is 0.835. The lowest BCUT2D eigenvalue weighted by Gasteiger charge is -2.15. The van der Waals surface area contributed by atoms with E-state index in [9.17, 15) is 4.79 Å². The fourth-order valence-corrected chi connectivity index (χ4v) is 2.68. The van der Waals surface area contributed by atoms with Crippen LogP contribution in [0.15, 0.2) is 22.7 Å². The van der Waals surface area contributed by atoms with Crippen molar-refractivity contribution in [1.82, 2.24) is 5.32 Å². The predicted octanol–water partition coefficient (Wildman–Crippen LogP) is 3.12. The Balaban J connectivity index is 2.18. The molecule has 1 fully saturated rings. The Labute approximate surface area is 117 Å². The first-order valence-corrected chi connectivity index (χ1v) is 7.24. The molecule has 92 valence electrons. The van der Waals surface area contributed by atoms with Crippen molar-refractivity contribution in [3.63, 3.8) is 0 Å². The van der Waals surface area contributed by atoms with Crippen molar-refractivity contribution in [2.75, 3.05) is 12.4 Å². The summed E-state index contributed by atoms with van der Waals surface area (Å²) >= 11 is 6.81. The summed E-state index contributed by atoms with van der Waals surface area (Å²) in [7, 11) is 1.59. The highest BCUT2D eigenvalue weighted by atomic mass is 79.9. The van der Waals surface area contributed by atoms with Gasteiger partial charge in [0.15, 0.2) is 0 Å². The zero-order valence-corrected chi connectivity index (χ0v) is 12.6. The molecule has 1 saturated carbocycles. The minimum absolute atomic E-state index is 0.0421. The first-order valence-electron chi connectivity index (χ1n) is 5.32. The van der Waals surface area contributed by atoms with E-state index in [0.717, 1.165) is 22.6 Å². The molecule has 0 heterocycles. The summed E-state index contributed by atoms with van der Waals surface area (Å²) in [5.41, 5.74) is 0.566. The second-order valence-electron chi connectivity index (χ2n) is 4.21. The molecule has 1 aliphatic carbocycles. The number of benzene rings is 1. The topological polar surface area (TPSA) is 38.3 Å². The summed E-state index contributed by atoms with van der Waals surface area (Å²) in [5, 5.41) is 3.85. The molecule has 0 aliphatic heterocycles. The van der Waals surface area contributed by atoms with Gasteiger partial charge in [-0.25, -0.2) is 0 Å². The molecule has 2 rings (SSSR count). The molecule has 1 aromatic carbocycles. The molecule has 17 heavy (non-hydrogen) atoms. The summed E-state index contributed by atoms with van der Waals surface area (Å²) in [4.78, 5) is 12.1. The van der Waals surface area contributed by atoms with Gasteiger partial charge in [-0.1, -0.05) is 15.9 Å². The maximum Gasteiger partial charge on any atom is 0.253 e. The largest absolute Gasteiger partial charge is 0.497 e. The van der Waals surface area contributed by atoms with Crippen LogP contribution in [0.4, 0.5) is 0 Å². The van der Waals surface area contributed by atoms with E-state index >= 15 is 0 Å². The van der Waals surface area contributed by atoms with E-state index in [1.54, 1.807) is 13.2 Å². The Morgan fingerprint density at radius 3 is 2.76 bits per heavy atom. The number of nitrogens with one attached hydrogen (secondary N) is 1. The molecular formula is C12H13Br2NO2. The van der Waals surface area contributed by atoms with Crippen LogP contribution in [0.2, 0.25) is 0 Å². The van der Waals surface area contributed by atoms with Gasteiger partial charge in [0.25, 0.3) is 5.91 Å². The molecule has 1 aliphatic rings. The monoisotopic (exact) mass is 361 g/mol. The van der Waals surface area contributed by atoms with Crippen molar-refractivity contribution in [3.05, 3.63) is 28.2 Å². The maximum atomic E-state index is 12.1. The minimum atomic E-state index is -0.0623. The van der Waals surface area contributed by atoms with Gasteiger partial charge in [-0.2, -0.15) is 0 Å². The van der Waals surface area contributed by atoms with Crippen LogP contribution in [0, 0.1) is 0 Å². The fourth-order valence-electron chi connectivity index (χ4n) is 1.56. The number of hydrogen-bond acceptors (Lipinski definition) is 2. The Bertz CT molecular complexity index is 444. The molecule has 0 aromatic heterocycles. The van der Waals surface area contributed by atoms with E-state index < -0.39 is 0 Å². The molecule has 1 N–H and O–H groups in total. The molecule has 3 nitrogen and oxygen atoms in total. The number of carbonyl (C=O) groups is 1. The van der Waals surface area contributed by atoms with Crippen molar-refractivity contribution in [2.45, 2.75) is 18.4 Å². The number of halogens is 2. The molecule has 0 bridgehead atoms. The highest BCUT2D eigenvalue weighted by molar-refractivity contribution is 9.10. The SMILES string of the molecule is COc1ccc(Br)c(C(=O)NC2(CBr)CC2)c1. The Morgan fingerprint density at radius 1 is 1.53 bits per heavy atom. The number of methoxy groups -OCH3 is 1. The molecule has 1 amide bonds. The average Bonchev–Trinajstić information content (AvgIpc) is 3.10. The van der Waals surface area contributed by atoms with Gasteiger partial charge in [0.1, 0.15) is 5.75 Å². The lowest BCUT2D eigenvalue weighted by atomic mass is 10.2. The number of carbonyl (C=O) groups excluding carboxylic acids is 1. The van der Waals surface area contributed by atoms with Gasteiger partial charge in [0.2, 0.25) is 0 Å². The average molecular weight is 363 g/mol. The van der Waals surface area contributed by atoms with Crippen LogP contribution in [0.5, 0.6) is 5.75 Å². The summed E-state index contributed by atoms with van der Waals surface area (Å²) in [6, 6.07) is 5.38. The number of hydrogen-bond donors (Lipinski definition) is 1. The van der Waals surface area contributed by atoms with Crippen LogP contribution >= 0.6 is 31.9 Å². The Kier molecular flexibility index (Phi) is 3.78.